The third-order valence-corrected chi connectivity index (χ3v) is 0. The predicted octanol–water partition coefficient (Wildman–Crippen LogP) is 1.50. The molecule has 0 aliphatic carbocycles. The molecule has 22 valence electrons. The minimum Gasteiger partial charge on any atom is -0.264 e. The van der Waals surface area contributed by atoms with Gasteiger partial charge in [0.25, 0.3) is 0 Å². The molecule has 0 atom stereocenters. The van der Waals surface area contributed by atoms with E-state index in [-0.39, 0.29) is 0 Å². The summed E-state index contributed by atoms with van der Waals surface area (Å²) in [6.07, 6.45) is 0. The van der Waals surface area contributed by atoms with E-state index in [0.717, 1.165) is 0 Å². The minimum absolute atomic E-state index is 0.667. The Morgan fingerprint density at radius 3 is 1.50 bits per heavy atom. The number of rotatable bonds is 0. The van der Waals surface area contributed by atoms with Crippen molar-refractivity contribution in [2.24, 2.45) is 0 Å². The van der Waals surface area contributed by atoms with Crippen LogP contribution in [0.5, 0.6) is 0 Å². The minimum atomic E-state index is -0.667. The molecule has 0 aromatic rings. The highest BCUT2D eigenvalue weighted by Gasteiger charge is 1.71. The monoisotopic (exact) mass is 91.9 g/mol. The first-order valence-corrected chi connectivity index (χ1v) is 1.43. The Balaban J connectivity index is 2.80. The highest BCUT2D eigenvalue weighted by Crippen LogP contribution is 1.81. The van der Waals surface area contributed by atoms with Crippen LogP contribution < -0.4 is 0 Å². The van der Waals surface area contributed by atoms with Crippen LogP contribution in [0.1, 0.15) is 0 Å². The Kier molecular flexibility index (Phi) is 1.47. The van der Waals surface area contributed by atoms with E-state index in [4.69, 9.17) is 4.79 Å². The van der Waals surface area contributed by atoms with Gasteiger partial charge in [-0.25, -0.2) is 0 Å². The lowest BCUT2D eigenvalue weighted by molar-refractivity contribution is 0.277. The van der Waals surface area contributed by atoms with E-state index >= 15 is 0 Å². The fourth-order valence-electron chi connectivity index (χ4n) is 0. The van der Waals surface area contributed by atoms with E-state index in [2.05, 4.69) is 25.3 Å². The van der Waals surface area contributed by atoms with Crippen molar-refractivity contribution in [3.63, 3.8) is 0 Å². The summed E-state index contributed by atoms with van der Waals surface area (Å²) < 4.78 is -0.667. The molecule has 0 N–H and O–H groups in total. The molecule has 0 amide bonds. The van der Waals surface area contributed by atoms with E-state index in [1.54, 1.807) is 0 Å². The van der Waals surface area contributed by atoms with Gasteiger partial charge in [0.05, 0.1) is 0 Å². The summed E-state index contributed by atoms with van der Waals surface area (Å²) in [4.78, 5) is 9.07. The zero-order valence-corrected chi connectivity index (χ0v) is 3.36. The average molecular weight is 92.1 g/mol. The van der Waals surface area contributed by atoms with Gasteiger partial charge in [-0.1, -0.05) is 0 Å². The number of hydrogen-bond donors (Lipinski definition) is 0. The summed E-state index contributed by atoms with van der Waals surface area (Å²) in [6, 6.07) is 0. The van der Waals surface area contributed by atoms with Crippen molar-refractivity contribution in [3.05, 3.63) is 0 Å². The molecule has 0 bridgehead atoms. The Bertz CT molecular complexity index is 29.0. The molecular formula is COS2. The second-order valence-electron chi connectivity index (χ2n) is 0.250. The zero-order chi connectivity index (χ0) is 3.58. The van der Waals surface area contributed by atoms with Gasteiger partial charge in [0.15, 0.2) is 0 Å². The lowest BCUT2D eigenvalue weighted by Gasteiger charge is -1.48. The van der Waals surface area contributed by atoms with E-state index < -0.39 is 4.45 Å². The van der Waals surface area contributed by atoms with Crippen molar-refractivity contribution in [1.82, 2.24) is 0 Å². The first kappa shape index (κ1) is 4.11. The van der Waals surface area contributed by atoms with Gasteiger partial charge < -0.3 is 0 Å². The molecule has 0 unspecified atom stereocenters. The summed E-state index contributed by atoms with van der Waals surface area (Å²) >= 11 is 7.59. The fourth-order valence-corrected chi connectivity index (χ4v) is 0. The average Bonchev–Trinajstić information content (AvgIpc) is 0.811. The van der Waals surface area contributed by atoms with Gasteiger partial charge in [0.1, 0.15) is 0 Å². The first-order valence-electron chi connectivity index (χ1n) is 0.612. The van der Waals surface area contributed by atoms with Crippen molar-refractivity contribution in [2.45, 2.75) is 0 Å². The summed E-state index contributed by atoms with van der Waals surface area (Å²) in [5.41, 5.74) is 0. The highest BCUT2D eigenvalue weighted by molar-refractivity contribution is 8.23. The molecule has 0 fully saturated rings. The van der Waals surface area contributed by atoms with Gasteiger partial charge >= 0.3 is 4.45 Å². The molecule has 0 aliphatic heterocycles. The molecule has 4 heavy (non-hydrogen) atoms. The number of hydrogen-bond acceptors (Lipinski definition) is 1. The van der Waals surface area contributed by atoms with Crippen LogP contribution in [0.2, 0.25) is 0 Å². The Labute approximate surface area is 35.2 Å². The van der Waals surface area contributed by atoms with Crippen LogP contribution in [0.25, 0.3) is 0 Å². The van der Waals surface area contributed by atoms with E-state index in [9.17, 15) is 0 Å². The van der Waals surface area contributed by atoms with Gasteiger partial charge in [-0.05, 0) is 25.3 Å². The Hall–Kier alpha value is 0.110. The fraction of sp³-hybridized carbons (Fsp3) is 0. The van der Waals surface area contributed by atoms with Crippen molar-refractivity contribution in [3.8, 4) is 0 Å². The van der Waals surface area contributed by atoms with Crippen LogP contribution in [-0.4, -0.2) is 4.45 Å². The van der Waals surface area contributed by atoms with Crippen LogP contribution in [0.15, 0.2) is 0 Å². The molecule has 2 radical (unpaired) electrons. The number of carbonyl (C=O) groups is 1. The maximum Gasteiger partial charge on any atom is 0.307 e. The summed E-state index contributed by atoms with van der Waals surface area (Å²) in [5, 5.41) is 0. The molecule has 0 aromatic carbocycles. The standard InChI is InChI=1S/COS2/c2-1(3)4. The van der Waals surface area contributed by atoms with Crippen LogP contribution >= 0.6 is 25.3 Å². The molecule has 0 aliphatic rings. The Morgan fingerprint density at radius 2 is 1.50 bits per heavy atom. The van der Waals surface area contributed by atoms with Crippen molar-refractivity contribution in [2.75, 3.05) is 0 Å². The third-order valence-electron chi connectivity index (χ3n) is 0. The van der Waals surface area contributed by atoms with Gasteiger partial charge in [-0.2, -0.15) is 0 Å². The topological polar surface area (TPSA) is 17.1 Å². The van der Waals surface area contributed by atoms with Gasteiger partial charge in [0, 0.05) is 0 Å². The molecule has 0 saturated heterocycles. The lowest BCUT2D eigenvalue weighted by Crippen LogP contribution is -1.47. The smallest absolute Gasteiger partial charge is 0.264 e. The normalized spacial score (nSPS) is 6.00. The molecular weight excluding hydrogens is 92.1 g/mol. The van der Waals surface area contributed by atoms with E-state index in [1.165, 1.54) is 0 Å². The van der Waals surface area contributed by atoms with E-state index in [1.807, 2.05) is 0 Å². The van der Waals surface area contributed by atoms with Gasteiger partial charge in [-0.15, -0.1) is 0 Å². The SMILES string of the molecule is O=C([S])[S]. The Morgan fingerprint density at radius 1 is 1.50 bits per heavy atom. The largest absolute Gasteiger partial charge is 0.307 e. The lowest BCUT2D eigenvalue weighted by atomic mass is 11.8. The molecule has 0 saturated carbocycles. The molecule has 0 rings (SSSR count). The second kappa shape index (κ2) is 1.43. The van der Waals surface area contributed by atoms with E-state index in [0.29, 0.717) is 0 Å². The quantitative estimate of drug-likeness (QED) is 0.442. The van der Waals surface area contributed by atoms with Gasteiger partial charge in [-0.3, -0.25) is 4.79 Å². The molecule has 0 heterocycles. The zero-order valence-electron chi connectivity index (χ0n) is 1.72. The number of carbonyl (C=O) groups excluding carboxylic acids is 1. The maximum absolute atomic E-state index is 9.07. The summed E-state index contributed by atoms with van der Waals surface area (Å²) in [5.74, 6) is 0. The molecule has 0 aromatic heterocycles. The summed E-state index contributed by atoms with van der Waals surface area (Å²) in [7, 11) is 0. The van der Waals surface area contributed by atoms with Crippen LogP contribution in [0.4, 0.5) is 4.79 Å². The van der Waals surface area contributed by atoms with Crippen molar-refractivity contribution in [1.29, 1.82) is 0 Å². The molecule has 1 nitrogen and oxygen atoms in total. The van der Waals surface area contributed by atoms with Crippen molar-refractivity contribution < 1.29 is 4.79 Å². The van der Waals surface area contributed by atoms with Crippen LogP contribution in [0.3, 0.4) is 0 Å². The maximum atomic E-state index is 9.07. The van der Waals surface area contributed by atoms with Crippen LogP contribution in [0, 0.1) is 0 Å². The van der Waals surface area contributed by atoms with Crippen molar-refractivity contribution >= 4 is 29.7 Å². The third kappa shape index (κ3) is 215. The van der Waals surface area contributed by atoms with Crippen LogP contribution in [-0.2, 0) is 0 Å². The second-order valence-corrected chi connectivity index (χ2v) is 1.25. The summed E-state index contributed by atoms with van der Waals surface area (Å²) in [6.45, 7) is 0. The molecule has 3 heteroatoms. The highest BCUT2D eigenvalue weighted by atomic mass is 32.2. The predicted molar refractivity (Wildman–Crippen MR) is 20.6 cm³/mol. The first-order chi connectivity index (χ1) is 1.73. The molecule has 0 spiro atoms. The van der Waals surface area contributed by atoms with Gasteiger partial charge in [0.2, 0.25) is 0 Å².